The van der Waals surface area contributed by atoms with Crippen LogP contribution in [0.2, 0.25) is 10.0 Å². The van der Waals surface area contributed by atoms with Gasteiger partial charge in [-0.25, -0.2) is 0 Å². The van der Waals surface area contributed by atoms with E-state index in [0.717, 1.165) is 13.1 Å². The maximum absolute atomic E-state index is 12.0. The topological polar surface area (TPSA) is 50.4 Å². The molecule has 1 aromatic carbocycles. The zero-order valence-corrected chi connectivity index (χ0v) is 11.4. The number of carbonyl (C=O) groups excluding carboxylic acids is 1. The number of hydrogen-bond donors (Lipinski definition) is 2. The van der Waals surface area contributed by atoms with Crippen molar-refractivity contribution in [1.82, 2.24) is 10.6 Å². The summed E-state index contributed by atoms with van der Waals surface area (Å²) in [6.07, 6.45) is 0. The number of carbonyl (C=O) groups is 1. The smallest absolute Gasteiger partial charge is 0.255 e. The third-order valence-corrected chi connectivity index (χ3v) is 3.63. The summed E-state index contributed by atoms with van der Waals surface area (Å²) >= 11 is 11.8. The molecule has 2 rings (SSSR count). The summed E-state index contributed by atoms with van der Waals surface area (Å²) in [4.78, 5) is 12.0. The largest absolute Gasteiger partial charge is 0.496 e. The minimum absolute atomic E-state index is 0.197. The second-order valence-electron chi connectivity index (χ2n) is 4.20. The Hall–Kier alpha value is -0.970. The molecule has 4 nitrogen and oxygen atoms in total. The van der Waals surface area contributed by atoms with Crippen molar-refractivity contribution in [1.29, 1.82) is 0 Å². The Morgan fingerprint density at radius 3 is 2.67 bits per heavy atom. The number of methoxy groups -OCH3 is 1. The average molecular weight is 289 g/mol. The first-order valence-corrected chi connectivity index (χ1v) is 6.39. The van der Waals surface area contributed by atoms with E-state index in [2.05, 4.69) is 10.6 Å². The van der Waals surface area contributed by atoms with Crippen LogP contribution in [0.25, 0.3) is 0 Å². The zero-order valence-electron chi connectivity index (χ0n) is 9.93. The molecule has 1 aromatic rings. The number of halogens is 2. The molecular weight excluding hydrogens is 275 g/mol. The Balaban J connectivity index is 2.10. The van der Waals surface area contributed by atoms with Crippen LogP contribution >= 0.6 is 23.2 Å². The maximum Gasteiger partial charge on any atom is 0.255 e. The van der Waals surface area contributed by atoms with E-state index in [1.165, 1.54) is 13.2 Å². The number of ether oxygens (including phenoxy) is 1. The van der Waals surface area contributed by atoms with Crippen molar-refractivity contribution < 1.29 is 9.53 Å². The van der Waals surface area contributed by atoms with Crippen LogP contribution in [-0.4, -0.2) is 32.7 Å². The Bertz CT molecular complexity index is 462. The quantitative estimate of drug-likeness (QED) is 0.890. The molecule has 1 aliphatic heterocycles. The molecule has 1 aliphatic rings. The van der Waals surface area contributed by atoms with Crippen LogP contribution in [0, 0.1) is 5.92 Å². The van der Waals surface area contributed by atoms with Crippen LogP contribution in [-0.2, 0) is 0 Å². The molecule has 1 heterocycles. The average Bonchev–Trinajstić information content (AvgIpc) is 2.29. The van der Waals surface area contributed by atoms with Gasteiger partial charge in [0.1, 0.15) is 5.75 Å². The van der Waals surface area contributed by atoms with E-state index in [9.17, 15) is 4.79 Å². The minimum atomic E-state index is -0.197. The van der Waals surface area contributed by atoms with Gasteiger partial charge in [0.15, 0.2) is 0 Å². The first-order valence-electron chi connectivity index (χ1n) is 5.63. The SMILES string of the molecule is COc1cc(Cl)c(Cl)cc1C(=O)NCC1CNC1. The Morgan fingerprint density at radius 1 is 1.44 bits per heavy atom. The number of rotatable bonds is 4. The predicted molar refractivity (Wildman–Crippen MR) is 71.7 cm³/mol. The maximum atomic E-state index is 12.0. The van der Waals surface area contributed by atoms with E-state index in [4.69, 9.17) is 27.9 Å². The van der Waals surface area contributed by atoms with Gasteiger partial charge in [-0.1, -0.05) is 23.2 Å². The molecule has 0 atom stereocenters. The second kappa shape index (κ2) is 5.78. The highest BCUT2D eigenvalue weighted by molar-refractivity contribution is 6.42. The molecule has 0 aromatic heterocycles. The number of benzene rings is 1. The third-order valence-electron chi connectivity index (χ3n) is 2.90. The Labute approximate surface area is 116 Å². The van der Waals surface area contributed by atoms with Crippen LogP contribution in [0.5, 0.6) is 5.75 Å². The lowest BCUT2D eigenvalue weighted by Gasteiger charge is -2.27. The van der Waals surface area contributed by atoms with Crippen LogP contribution in [0.4, 0.5) is 0 Å². The highest BCUT2D eigenvalue weighted by Gasteiger charge is 2.20. The summed E-state index contributed by atoms with van der Waals surface area (Å²) in [5, 5.41) is 6.72. The van der Waals surface area contributed by atoms with Gasteiger partial charge in [-0.05, 0) is 6.07 Å². The predicted octanol–water partition coefficient (Wildman–Crippen LogP) is 1.95. The fraction of sp³-hybridized carbons (Fsp3) is 0.417. The molecule has 0 radical (unpaired) electrons. The van der Waals surface area contributed by atoms with Gasteiger partial charge in [-0.15, -0.1) is 0 Å². The lowest BCUT2D eigenvalue weighted by molar-refractivity contribution is 0.0939. The molecule has 0 aliphatic carbocycles. The lowest BCUT2D eigenvalue weighted by Crippen LogP contribution is -2.48. The molecule has 98 valence electrons. The molecule has 1 saturated heterocycles. The van der Waals surface area contributed by atoms with E-state index < -0.39 is 0 Å². The second-order valence-corrected chi connectivity index (χ2v) is 5.02. The fourth-order valence-electron chi connectivity index (χ4n) is 1.70. The van der Waals surface area contributed by atoms with Crippen molar-refractivity contribution in [2.45, 2.75) is 0 Å². The molecule has 18 heavy (non-hydrogen) atoms. The van der Waals surface area contributed by atoms with E-state index in [-0.39, 0.29) is 5.91 Å². The van der Waals surface area contributed by atoms with Gasteiger partial charge in [-0.2, -0.15) is 0 Å². The van der Waals surface area contributed by atoms with Gasteiger partial charge in [0, 0.05) is 31.6 Å². The highest BCUT2D eigenvalue weighted by Crippen LogP contribution is 2.30. The fourth-order valence-corrected chi connectivity index (χ4v) is 2.02. The van der Waals surface area contributed by atoms with Gasteiger partial charge >= 0.3 is 0 Å². The van der Waals surface area contributed by atoms with E-state index in [1.54, 1.807) is 6.07 Å². The Morgan fingerprint density at radius 2 is 2.11 bits per heavy atom. The van der Waals surface area contributed by atoms with E-state index in [1.807, 2.05) is 0 Å². The normalized spacial score (nSPS) is 15.1. The number of amides is 1. The first kappa shape index (κ1) is 13.5. The molecule has 0 spiro atoms. The summed E-state index contributed by atoms with van der Waals surface area (Å²) in [6.45, 7) is 2.53. The minimum Gasteiger partial charge on any atom is -0.496 e. The van der Waals surface area contributed by atoms with Gasteiger partial charge in [-0.3, -0.25) is 4.79 Å². The van der Waals surface area contributed by atoms with Gasteiger partial charge in [0.05, 0.1) is 22.7 Å². The number of nitrogens with one attached hydrogen (secondary N) is 2. The van der Waals surface area contributed by atoms with Crippen molar-refractivity contribution >= 4 is 29.1 Å². The first-order chi connectivity index (χ1) is 8.61. The van der Waals surface area contributed by atoms with Crippen molar-refractivity contribution in [3.8, 4) is 5.75 Å². The number of hydrogen-bond acceptors (Lipinski definition) is 3. The molecule has 6 heteroatoms. The third kappa shape index (κ3) is 2.88. The lowest BCUT2D eigenvalue weighted by atomic mass is 10.0. The van der Waals surface area contributed by atoms with Crippen molar-refractivity contribution in [3.63, 3.8) is 0 Å². The van der Waals surface area contributed by atoms with Gasteiger partial charge in [0.2, 0.25) is 0 Å². The summed E-state index contributed by atoms with van der Waals surface area (Å²) in [6, 6.07) is 3.07. The Kier molecular flexibility index (Phi) is 4.32. The van der Waals surface area contributed by atoms with Gasteiger partial charge < -0.3 is 15.4 Å². The molecule has 2 N–H and O–H groups in total. The highest BCUT2D eigenvalue weighted by atomic mass is 35.5. The molecule has 0 bridgehead atoms. The summed E-state index contributed by atoms with van der Waals surface area (Å²) < 4.78 is 5.13. The van der Waals surface area contributed by atoms with Crippen LogP contribution in [0.3, 0.4) is 0 Å². The van der Waals surface area contributed by atoms with Crippen molar-refractivity contribution in [2.75, 3.05) is 26.7 Å². The molecule has 0 saturated carbocycles. The van der Waals surface area contributed by atoms with E-state index >= 15 is 0 Å². The van der Waals surface area contributed by atoms with Crippen LogP contribution in [0.1, 0.15) is 10.4 Å². The van der Waals surface area contributed by atoms with Gasteiger partial charge in [0.25, 0.3) is 5.91 Å². The van der Waals surface area contributed by atoms with Crippen molar-refractivity contribution in [2.24, 2.45) is 5.92 Å². The monoisotopic (exact) mass is 288 g/mol. The zero-order chi connectivity index (χ0) is 13.1. The van der Waals surface area contributed by atoms with Crippen LogP contribution < -0.4 is 15.4 Å². The summed E-state index contributed by atoms with van der Waals surface area (Å²) in [7, 11) is 1.49. The van der Waals surface area contributed by atoms with E-state index in [0.29, 0.717) is 33.8 Å². The molecular formula is C12H14Cl2N2O2. The summed E-state index contributed by atoms with van der Waals surface area (Å²) in [5.41, 5.74) is 0.402. The molecule has 1 fully saturated rings. The summed E-state index contributed by atoms with van der Waals surface area (Å²) in [5.74, 6) is 0.730. The molecule has 1 amide bonds. The van der Waals surface area contributed by atoms with Crippen molar-refractivity contribution in [3.05, 3.63) is 27.7 Å². The molecule has 0 unspecified atom stereocenters. The standard InChI is InChI=1S/C12H14Cl2N2O2/c1-18-11-3-10(14)9(13)2-8(11)12(17)16-6-7-4-15-5-7/h2-3,7,15H,4-6H2,1H3,(H,16,17). The van der Waals surface area contributed by atoms with Crippen LogP contribution in [0.15, 0.2) is 12.1 Å².